The Morgan fingerprint density at radius 3 is 2.10 bits per heavy atom. The van der Waals surface area contributed by atoms with Crippen LogP contribution in [0.3, 0.4) is 0 Å². The van der Waals surface area contributed by atoms with Crippen molar-refractivity contribution in [1.82, 2.24) is 41.5 Å². The van der Waals surface area contributed by atoms with Crippen LogP contribution < -0.4 is 38.1 Å². The number of nitrogens with zero attached hydrogens (tertiary/aromatic N) is 2. The number of rotatable bonds is 34. The van der Waals surface area contributed by atoms with Gasteiger partial charge in [-0.2, -0.15) is 12.6 Å². The number of benzene rings is 1. The van der Waals surface area contributed by atoms with E-state index in [4.69, 9.17) is 30.7 Å². The Labute approximate surface area is 394 Å². The zero-order valence-electron chi connectivity index (χ0n) is 38.0. The SMILES string of the molecule is CC(C)C[C@H](NC(=O)CN(CCCCc1ccccc1)C(=O)CCOCCOCCNC(=O)[C@@H](N)CS)C(=O)N[C@@H](Cc1ncc[nH]1)C(=O)N[C@@H](CO)C(=O)N[C@H](C(N)=O)[C@@H](C)OP(=O)(O)O. The molecule has 6 atom stereocenters. The Morgan fingerprint density at radius 2 is 1.51 bits per heavy atom. The largest absolute Gasteiger partial charge is 0.469 e. The van der Waals surface area contributed by atoms with Crippen molar-refractivity contribution in [2.75, 3.05) is 58.4 Å². The fraction of sp³-hybridized carbons (Fsp3) is 0.610. The lowest BCUT2D eigenvalue weighted by Gasteiger charge is -2.27. The van der Waals surface area contributed by atoms with Crippen molar-refractivity contribution >= 4 is 61.8 Å². The molecule has 1 aromatic heterocycles. The van der Waals surface area contributed by atoms with Gasteiger partial charge in [0.2, 0.25) is 41.4 Å². The Bertz CT molecular complexity index is 1900. The van der Waals surface area contributed by atoms with Crippen molar-refractivity contribution in [3.05, 3.63) is 54.1 Å². The van der Waals surface area contributed by atoms with Crippen LogP contribution >= 0.6 is 20.5 Å². The quantitative estimate of drug-likeness (QED) is 0.0197. The molecule has 0 aliphatic rings. The third-order valence-electron chi connectivity index (χ3n) is 9.72. The Hall–Kier alpha value is -4.98. The lowest BCUT2D eigenvalue weighted by atomic mass is 10.0. The van der Waals surface area contributed by atoms with Crippen molar-refractivity contribution in [3.8, 4) is 0 Å². The molecular weight excluding hydrogens is 920 g/mol. The Kier molecular flexibility index (Phi) is 27.0. The lowest BCUT2D eigenvalue weighted by molar-refractivity contribution is -0.138. The Morgan fingerprint density at radius 1 is 0.866 bits per heavy atom. The lowest BCUT2D eigenvalue weighted by Crippen LogP contribution is -2.61. The van der Waals surface area contributed by atoms with Gasteiger partial charge in [0.15, 0.2) is 0 Å². The third kappa shape index (κ3) is 24.0. The van der Waals surface area contributed by atoms with Crippen molar-refractivity contribution in [2.45, 2.75) is 95.6 Å². The van der Waals surface area contributed by atoms with Crippen molar-refractivity contribution in [3.63, 3.8) is 0 Å². The van der Waals surface area contributed by atoms with E-state index < -0.39 is 86.8 Å². The molecule has 0 fully saturated rings. The first-order valence-electron chi connectivity index (χ1n) is 21.7. The molecule has 26 heteroatoms. The molecule has 0 bridgehead atoms. The first-order valence-corrected chi connectivity index (χ1v) is 23.8. The maximum Gasteiger partial charge on any atom is 0.469 e. The van der Waals surface area contributed by atoms with Gasteiger partial charge in [0.25, 0.3) is 0 Å². The van der Waals surface area contributed by atoms with Crippen LogP contribution in [-0.2, 0) is 65.0 Å². The minimum absolute atomic E-state index is 0.0318. The molecule has 0 radical (unpaired) electrons. The molecule has 0 aliphatic heterocycles. The van der Waals surface area contributed by atoms with E-state index in [0.29, 0.717) is 6.42 Å². The highest BCUT2D eigenvalue weighted by atomic mass is 32.1. The molecular formula is C41H67N10O14PS. The summed E-state index contributed by atoms with van der Waals surface area (Å²) in [6.45, 7) is 4.34. The number of aromatic nitrogens is 2. The smallest absolute Gasteiger partial charge is 0.394 e. The molecule has 376 valence electrons. The second-order valence-electron chi connectivity index (χ2n) is 15.8. The summed E-state index contributed by atoms with van der Waals surface area (Å²) in [7, 11) is -5.13. The number of hydrogen-bond donors (Lipinski definition) is 12. The molecule has 0 aliphatic carbocycles. The summed E-state index contributed by atoms with van der Waals surface area (Å²) < 4.78 is 26.8. The first-order chi connectivity index (χ1) is 31.7. The highest BCUT2D eigenvalue weighted by Gasteiger charge is 2.35. The number of phosphoric acid groups is 1. The molecule has 0 spiro atoms. The van der Waals surface area contributed by atoms with Crippen LogP contribution in [0.5, 0.6) is 0 Å². The first kappa shape index (κ1) is 58.1. The summed E-state index contributed by atoms with van der Waals surface area (Å²) in [6.07, 6.45) is 3.05. The number of nitrogens with two attached hydrogens (primary N) is 2. The number of carbonyl (C=O) groups is 7. The summed E-state index contributed by atoms with van der Waals surface area (Å²) in [5.74, 6) is -5.29. The minimum Gasteiger partial charge on any atom is -0.394 e. The van der Waals surface area contributed by atoms with Crippen LogP contribution in [0, 0.1) is 5.92 Å². The zero-order chi connectivity index (χ0) is 49.9. The molecule has 24 nitrogen and oxygen atoms in total. The molecule has 1 aromatic carbocycles. The van der Waals surface area contributed by atoms with Gasteiger partial charge in [0.05, 0.1) is 58.1 Å². The Balaban J connectivity index is 2.15. The maximum absolute atomic E-state index is 13.9. The second-order valence-corrected chi connectivity index (χ2v) is 17.4. The van der Waals surface area contributed by atoms with Crippen molar-refractivity contribution < 1.29 is 67.0 Å². The molecule has 0 saturated carbocycles. The van der Waals surface area contributed by atoms with Gasteiger partial charge < -0.3 is 72.3 Å². The zero-order valence-corrected chi connectivity index (χ0v) is 39.8. The van der Waals surface area contributed by atoms with Crippen molar-refractivity contribution in [1.29, 1.82) is 0 Å². The van der Waals surface area contributed by atoms with Crippen LogP contribution in [-0.4, -0.2) is 166 Å². The average molecular weight is 987 g/mol. The predicted molar refractivity (Wildman–Crippen MR) is 245 cm³/mol. The summed E-state index contributed by atoms with van der Waals surface area (Å²) in [6, 6.07) is 2.81. The number of imidazole rings is 1. The maximum atomic E-state index is 13.9. The van der Waals surface area contributed by atoms with Crippen LogP contribution in [0.25, 0.3) is 0 Å². The van der Waals surface area contributed by atoms with Gasteiger partial charge in [-0.05, 0) is 44.1 Å². The highest BCUT2D eigenvalue weighted by molar-refractivity contribution is 7.80. The summed E-state index contributed by atoms with van der Waals surface area (Å²) in [5, 5.41) is 22.3. The van der Waals surface area contributed by atoms with E-state index in [0.717, 1.165) is 25.3 Å². The fourth-order valence-corrected chi connectivity index (χ4v) is 7.01. The van der Waals surface area contributed by atoms with Crippen LogP contribution in [0.15, 0.2) is 42.7 Å². The van der Waals surface area contributed by atoms with Gasteiger partial charge in [-0.15, -0.1) is 0 Å². The number of phosphoric ester groups is 1. The number of aliphatic hydroxyl groups excluding tert-OH is 1. The minimum atomic E-state index is -5.13. The van der Waals surface area contributed by atoms with Crippen molar-refractivity contribution in [2.24, 2.45) is 17.4 Å². The van der Waals surface area contributed by atoms with E-state index in [1.54, 1.807) is 13.8 Å². The number of aromatic amines is 1. The van der Waals surface area contributed by atoms with Gasteiger partial charge in [-0.3, -0.25) is 38.1 Å². The number of hydrogen-bond acceptors (Lipinski definition) is 15. The van der Waals surface area contributed by atoms with Crippen LogP contribution in [0.2, 0.25) is 0 Å². The average Bonchev–Trinajstić information content (AvgIpc) is 3.79. The third-order valence-corrected chi connectivity index (χ3v) is 10.7. The molecule has 0 saturated heterocycles. The van der Waals surface area contributed by atoms with E-state index in [1.165, 1.54) is 17.3 Å². The number of nitrogens with one attached hydrogen (secondary N) is 6. The summed E-state index contributed by atoms with van der Waals surface area (Å²) in [4.78, 5) is 118. The molecule has 13 N–H and O–H groups in total. The summed E-state index contributed by atoms with van der Waals surface area (Å²) in [5.41, 5.74) is 12.0. The van der Waals surface area contributed by atoms with Crippen LogP contribution in [0.1, 0.15) is 57.8 Å². The molecule has 67 heavy (non-hydrogen) atoms. The van der Waals surface area contributed by atoms with Gasteiger partial charge in [-0.25, -0.2) is 9.55 Å². The van der Waals surface area contributed by atoms with Crippen LogP contribution in [0.4, 0.5) is 0 Å². The van der Waals surface area contributed by atoms with E-state index in [1.807, 2.05) is 30.3 Å². The van der Waals surface area contributed by atoms with E-state index in [-0.39, 0.29) is 88.1 Å². The molecule has 7 amide bonds. The normalized spacial score (nSPS) is 14.2. The highest BCUT2D eigenvalue weighted by Crippen LogP contribution is 2.38. The van der Waals surface area contributed by atoms with E-state index >= 15 is 0 Å². The number of unbranched alkanes of at least 4 members (excludes halogenated alkanes) is 1. The second kappa shape index (κ2) is 31.1. The van der Waals surface area contributed by atoms with Gasteiger partial charge >= 0.3 is 7.82 Å². The van der Waals surface area contributed by atoms with Gasteiger partial charge in [0.1, 0.15) is 30.0 Å². The number of primary amides is 1. The molecule has 1 heterocycles. The number of ether oxygens (including phenoxy) is 2. The topological polar surface area (TPSA) is 369 Å². The van der Waals surface area contributed by atoms with Gasteiger partial charge in [-0.1, -0.05) is 44.2 Å². The van der Waals surface area contributed by atoms with E-state index in [2.05, 4.69) is 53.7 Å². The summed E-state index contributed by atoms with van der Waals surface area (Å²) >= 11 is 3.99. The number of carbonyl (C=O) groups excluding carboxylic acids is 7. The van der Waals surface area contributed by atoms with Gasteiger partial charge in [0, 0.05) is 37.7 Å². The number of amides is 7. The monoisotopic (exact) mass is 986 g/mol. The number of H-pyrrole nitrogens is 1. The fourth-order valence-electron chi connectivity index (χ4n) is 6.29. The number of thiol groups is 1. The standard InChI is InChI=1S/C41H67N10O14PS/c1-26(2)21-30(39(57)48-31(22-33-44-13-14-45-33)40(58)49-32(24-52)41(59)50-36(37(43)55)27(3)65-66(60,61)62)47-34(53)23-51(16-8-7-11-28-9-5-4-6-10-28)35(54)12-17-63-19-20-64-18-15-46-38(56)29(42)25-67/h4-6,9-10,13-14,26-27,29-32,36,52,67H,7-8,11-12,15-25,42H2,1-3H3,(H2,43,55)(H,44,45)(H,46,56)(H,47,53)(H,48,57)(H,49,58)(H,50,59)(H2,60,61,62)/t27-,29+,30+,31+,32+,36+/m1/s1. The number of aliphatic hydroxyl groups is 1. The molecule has 2 rings (SSSR count). The number of aryl methyl sites for hydroxylation is 1. The predicted octanol–water partition coefficient (Wildman–Crippen LogP) is -2.44. The molecule has 2 aromatic rings. The van der Waals surface area contributed by atoms with E-state index in [9.17, 15) is 43.2 Å². The molecule has 0 unspecified atom stereocenters.